The maximum atomic E-state index is 12.4. The van der Waals surface area contributed by atoms with E-state index in [9.17, 15) is 14.4 Å². The highest BCUT2D eigenvalue weighted by molar-refractivity contribution is 5.99. The molecule has 2 aromatic rings. The summed E-state index contributed by atoms with van der Waals surface area (Å²) in [5.41, 5.74) is 1.01. The van der Waals surface area contributed by atoms with Gasteiger partial charge in [-0.05, 0) is 43.3 Å². The van der Waals surface area contributed by atoms with Gasteiger partial charge in [-0.25, -0.2) is 0 Å². The summed E-state index contributed by atoms with van der Waals surface area (Å²) >= 11 is 0. The number of anilines is 1. The smallest absolute Gasteiger partial charge is 0.316 e. The van der Waals surface area contributed by atoms with Crippen molar-refractivity contribution in [2.45, 2.75) is 13.3 Å². The van der Waals surface area contributed by atoms with E-state index < -0.39 is 11.9 Å². The monoisotopic (exact) mass is 353 g/mol. The molecule has 6 heteroatoms. The van der Waals surface area contributed by atoms with Crippen molar-refractivity contribution >= 4 is 23.9 Å². The molecule has 0 unspecified atom stereocenters. The Kier molecular flexibility index (Phi) is 5.31. The minimum absolute atomic E-state index is 0.0787. The molecule has 0 spiro atoms. The largest absolute Gasteiger partial charge is 0.494 e. The zero-order valence-electron chi connectivity index (χ0n) is 14.4. The van der Waals surface area contributed by atoms with Gasteiger partial charge in [-0.15, -0.1) is 0 Å². The number of hydrogen-bond acceptors (Lipinski definition) is 5. The minimum Gasteiger partial charge on any atom is -0.494 e. The van der Waals surface area contributed by atoms with Crippen LogP contribution in [0.2, 0.25) is 0 Å². The first kappa shape index (κ1) is 17.7. The number of ether oxygens (including phenoxy) is 2. The van der Waals surface area contributed by atoms with E-state index in [0.29, 0.717) is 24.1 Å². The molecule has 0 aromatic heterocycles. The minimum atomic E-state index is -0.575. The molecule has 1 amide bonds. The van der Waals surface area contributed by atoms with Gasteiger partial charge in [-0.2, -0.15) is 0 Å². The number of rotatable bonds is 6. The van der Waals surface area contributed by atoms with E-state index in [0.717, 1.165) is 5.75 Å². The van der Waals surface area contributed by atoms with Crippen LogP contribution in [-0.4, -0.2) is 31.3 Å². The number of nitrogens with zero attached hydrogens (tertiary/aromatic N) is 1. The first-order valence-electron chi connectivity index (χ1n) is 8.41. The van der Waals surface area contributed by atoms with Gasteiger partial charge in [0.2, 0.25) is 5.91 Å². The number of amides is 1. The average Bonchev–Trinajstić information content (AvgIpc) is 3.05. The predicted molar refractivity (Wildman–Crippen MR) is 95.5 cm³/mol. The Balaban J connectivity index is 1.68. The molecule has 1 aliphatic heterocycles. The molecule has 134 valence electrons. The lowest BCUT2D eigenvalue weighted by atomic mass is 10.1. The lowest BCUT2D eigenvalue weighted by molar-refractivity contribution is -0.139. The Hall–Kier alpha value is -3.15. The molecule has 0 aliphatic carbocycles. The maximum absolute atomic E-state index is 12.4. The van der Waals surface area contributed by atoms with Gasteiger partial charge in [0.25, 0.3) is 0 Å². The second kappa shape index (κ2) is 7.82. The van der Waals surface area contributed by atoms with E-state index in [2.05, 4.69) is 0 Å². The van der Waals surface area contributed by atoms with Crippen molar-refractivity contribution in [2.75, 3.05) is 18.1 Å². The molecule has 0 saturated carbocycles. The number of esters is 1. The summed E-state index contributed by atoms with van der Waals surface area (Å²) in [6.45, 7) is 2.71. The molecule has 1 saturated heterocycles. The molecule has 1 aliphatic rings. The highest BCUT2D eigenvalue weighted by Crippen LogP contribution is 2.28. The molecule has 0 bridgehead atoms. The van der Waals surface area contributed by atoms with Crippen LogP contribution in [0.1, 0.15) is 23.7 Å². The molecule has 26 heavy (non-hydrogen) atoms. The molecule has 6 nitrogen and oxygen atoms in total. The van der Waals surface area contributed by atoms with Gasteiger partial charge in [-0.3, -0.25) is 14.4 Å². The van der Waals surface area contributed by atoms with Gasteiger partial charge in [0, 0.05) is 18.7 Å². The van der Waals surface area contributed by atoms with Crippen LogP contribution in [0, 0.1) is 5.92 Å². The number of carbonyl (C=O) groups is 3. The number of aldehydes is 1. The summed E-state index contributed by atoms with van der Waals surface area (Å²) < 4.78 is 10.7. The second-order valence-corrected chi connectivity index (χ2v) is 5.91. The van der Waals surface area contributed by atoms with Crippen molar-refractivity contribution in [1.29, 1.82) is 0 Å². The zero-order chi connectivity index (χ0) is 18.5. The highest BCUT2D eigenvalue weighted by atomic mass is 16.5. The van der Waals surface area contributed by atoms with Crippen LogP contribution in [-0.2, 0) is 9.59 Å². The summed E-state index contributed by atoms with van der Waals surface area (Å²) in [5, 5.41) is 0. The summed E-state index contributed by atoms with van der Waals surface area (Å²) in [6, 6.07) is 13.7. The third-order valence-electron chi connectivity index (χ3n) is 4.17. The Morgan fingerprint density at radius 1 is 1.19 bits per heavy atom. The van der Waals surface area contributed by atoms with Crippen molar-refractivity contribution in [3.05, 3.63) is 54.1 Å². The Bertz CT molecular complexity index is 815. The Morgan fingerprint density at radius 2 is 1.92 bits per heavy atom. The van der Waals surface area contributed by atoms with Crippen molar-refractivity contribution in [3.63, 3.8) is 0 Å². The van der Waals surface area contributed by atoms with Gasteiger partial charge >= 0.3 is 5.97 Å². The lowest BCUT2D eigenvalue weighted by Crippen LogP contribution is -2.27. The SMILES string of the molecule is CCOc1ccc(N2C[C@@H](C(=O)Oc3ccccc3C=O)CC2=O)cc1. The van der Waals surface area contributed by atoms with Crippen molar-refractivity contribution in [3.8, 4) is 11.5 Å². The lowest BCUT2D eigenvalue weighted by Gasteiger charge is -2.17. The van der Waals surface area contributed by atoms with Gasteiger partial charge in [0.15, 0.2) is 6.29 Å². The molecule has 0 N–H and O–H groups in total. The summed E-state index contributed by atoms with van der Waals surface area (Å²) in [4.78, 5) is 37.3. The van der Waals surface area contributed by atoms with Gasteiger partial charge in [0.1, 0.15) is 11.5 Å². The van der Waals surface area contributed by atoms with E-state index in [1.54, 1.807) is 53.4 Å². The number of benzene rings is 2. The normalized spacial score (nSPS) is 16.4. The van der Waals surface area contributed by atoms with Gasteiger partial charge in [0.05, 0.1) is 18.1 Å². The third-order valence-corrected chi connectivity index (χ3v) is 4.17. The molecule has 1 atom stereocenters. The summed E-state index contributed by atoms with van der Waals surface area (Å²) in [5.74, 6) is -0.293. The zero-order valence-corrected chi connectivity index (χ0v) is 14.4. The predicted octanol–water partition coefficient (Wildman–Crippen LogP) is 2.86. The summed E-state index contributed by atoms with van der Waals surface area (Å²) in [7, 11) is 0. The molecular weight excluding hydrogens is 334 g/mol. The Morgan fingerprint density at radius 3 is 2.62 bits per heavy atom. The molecule has 3 rings (SSSR count). The van der Waals surface area contributed by atoms with Crippen LogP contribution in [0.5, 0.6) is 11.5 Å². The van der Waals surface area contributed by atoms with E-state index in [4.69, 9.17) is 9.47 Å². The van der Waals surface area contributed by atoms with Gasteiger partial charge < -0.3 is 14.4 Å². The highest BCUT2D eigenvalue weighted by Gasteiger charge is 2.36. The third kappa shape index (κ3) is 3.74. The maximum Gasteiger partial charge on any atom is 0.316 e. The van der Waals surface area contributed by atoms with E-state index >= 15 is 0 Å². The van der Waals surface area contributed by atoms with Crippen molar-refractivity contribution in [2.24, 2.45) is 5.92 Å². The molecule has 1 heterocycles. The van der Waals surface area contributed by atoms with Crippen LogP contribution in [0.3, 0.4) is 0 Å². The second-order valence-electron chi connectivity index (χ2n) is 5.91. The summed E-state index contributed by atoms with van der Waals surface area (Å²) in [6.07, 6.45) is 0.712. The first-order chi connectivity index (χ1) is 12.6. The number of carbonyl (C=O) groups excluding carboxylic acids is 3. The van der Waals surface area contributed by atoms with Crippen LogP contribution in [0.25, 0.3) is 0 Å². The topological polar surface area (TPSA) is 72.9 Å². The molecule has 0 radical (unpaired) electrons. The fourth-order valence-corrected chi connectivity index (χ4v) is 2.87. The molecule has 2 aromatic carbocycles. The number of hydrogen-bond donors (Lipinski definition) is 0. The average molecular weight is 353 g/mol. The Labute approximate surface area is 151 Å². The fraction of sp³-hybridized carbons (Fsp3) is 0.250. The van der Waals surface area contributed by atoms with Crippen LogP contribution in [0.4, 0.5) is 5.69 Å². The van der Waals surface area contributed by atoms with Crippen LogP contribution < -0.4 is 14.4 Å². The van der Waals surface area contributed by atoms with Crippen molar-refractivity contribution in [1.82, 2.24) is 0 Å². The quantitative estimate of drug-likeness (QED) is 0.454. The molecule has 1 fully saturated rings. The van der Waals surface area contributed by atoms with Gasteiger partial charge in [-0.1, -0.05) is 12.1 Å². The van der Waals surface area contributed by atoms with Crippen molar-refractivity contribution < 1.29 is 23.9 Å². The fourth-order valence-electron chi connectivity index (χ4n) is 2.87. The molecular formula is C20H19NO5. The first-order valence-corrected chi connectivity index (χ1v) is 8.41. The number of para-hydroxylation sites is 1. The van der Waals surface area contributed by atoms with E-state index in [1.165, 1.54) is 0 Å². The van der Waals surface area contributed by atoms with Crippen LogP contribution >= 0.6 is 0 Å². The van der Waals surface area contributed by atoms with E-state index in [-0.39, 0.29) is 24.6 Å². The van der Waals surface area contributed by atoms with Crippen LogP contribution in [0.15, 0.2) is 48.5 Å². The standard InChI is InChI=1S/C20H19NO5/c1-2-25-17-9-7-16(8-10-17)21-12-15(11-19(21)23)20(24)26-18-6-4-3-5-14(18)13-22/h3-10,13,15H,2,11-12H2,1H3/t15-/m0/s1. The van der Waals surface area contributed by atoms with E-state index in [1.807, 2.05) is 6.92 Å².